The fourth-order valence-electron chi connectivity index (χ4n) is 2.51. The van der Waals surface area contributed by atoms with Crippen molar-refractivity contribution in [1.29, 1.82) is 0 Å². The molecule has 0 radical (unpaired) electrons. The lowest BCUT2D eigenvalue weighted by Gasteiger charge is -2.24. The van der Waals surface area contributed by atoms with Crippen LogP contribution in [0, 0.1) is 12.7 Å². The third kappa shape index (κ3) is 2.80. The Hall–Kier alpha value is -0.980. The van der Waals surface area contributed by atoms with Gasteiger partial charge in [-0.2, -0.15) is 4.31 Å². The van der Waals surface area contributed by atoms with Gasteiger partial charge >= 0.3 is 0 Å². The SMILES string of the molecule is CNCC1CCCN1S(=O)(=O)c1ccc(C)cc1F. The second-order valence-corrected chi connectivity index (χ2v) is 6.76. The Morgan fingerprint density at radius 3 is 2.84 bits per heavy atom. The predicted octanol–water partition coefficient (Wildman–Crippen LogP) is 1.51. The number of nitrogens with zero attached hydrogens (tertiary/aromatic N) is 1. The molecule has 1 N–H and O–H groups in total. The van der Waals surface area contributed by atoms with Crippen LogP contribution >= 0.6 is 0 Å². The van der Waals surface area contributed by atoms with Gasteiger partial charge in [0.25, 0.3) is 0 Å². The van der Waals surface area contributed by atoms with Crippen molar-refractivity contribution in [2.75, 3.05) is 20.1 Å². The Balaban J connectivity index is 2.36. The van der Waals surface area contributed by atoms with E-state index in [1.807, 2.05) is 0 Å². The number of halogens is 1. The average molecular weight is 286 g/mol. The first kappa shape index (κ1) is 14.4. The van der Waals surface area contributed by atoms with Crippen molar-refractivity contribution in [2.24, 2.45) is 0 Å². The summed E-state index contributed by atoms with van der Waals surface area (Å²) in [6, 6.07) is 4.15. The number of hydrogen-bond acceptors (Lipinski definition) is 3. The predicted molar refractivity (Wildman–Crippen MR) is 72.0 cm³/mol. The summed E-state index contributed by atoms with van der Waals surface area (Å²) in [7, 11) is -1.95. The number of rotatable bonds is 4. The molecule has 2 rings (SSSR count). The van der Waals surface area contributed by atoms with Crippen LogP contribution in [0.3, 0.4) is 0 Å². The molecule has 0 aliphatic carbocycles. The van der Waals surface area contributed by atoms with Gasteiger partial charge in [-0.1, -0.05) is 6.07 Å². The van der Waals surface area contributed by atoms with Gasteiger partial charge in [-0.15, -0.1) is 0 Å². The molecule has 1 unspecified atom stereocenters. The summed E-state index contributed by atoms with van der Waals surface area (Å²) in [6.45, 7) is 2.79. The maximum absolute atomic E-state index is 13.9. The van der Waals surface area contributed by atoms with Crippen LogP contribution in [0.2, 0.25) is 0 Å². The monoisotopic (exact) mass is 286 g/mol. The molecular formula is C13H19FN2O2S. The highest BCUT2D eigenvalue weighted by atomic mass is 32.2. The van der Waals surface area contributed by atoms with Crippen molar-refractivity contribution < 1.29 is 12.8 Å². The summed E-state index contributed by atoms with van der Waals surface area (Å²) in [5.74, 6) is -0.671. The first-order valence-electron chi connectivity index (χ1n) is 6.39. The largest absolute Gasteiger partial charge is 0.318 e. The van der Waals surface area contributed by atoms with E-state index >= 15 is 0 Å². The molecule has 0 spiro atoms. The number of nitrogens with one attached hydrogen (secondary N) is 1. The van der Waals surface area contributed by atoms with E-state index in [0.29, 0.717) is 18.7 Å². The van der Waals surface area contributed by atoms with E-state index in [9.17, 15) is 12.8 Å². The standard InChI is InChI=1S/C13H19FN2O2S/c1-10-5-6-13(12(14)8-10)19(17,18)16-7-3-4-11(16)9-15-2/h5-6,8,11,15H,3-4,7,9H2,1-2H3. The molecular weight excluding hydrogens is 267 g/mol. The highest BCUT2D eigenvalue weighted by Crippen LogP contribution is 2.27. The molecule has 1 aliphatic heterocycles. The number of aryl methyl sites for hydroxylation is 1. The van der Waals surface area contributed by atoms with E-state index in [0.717, 1.165) is 12.8 Å². The summed E-state index contributed by atoms with van der Waals surface area (Å²) in [4.78, 5) is -0.221. The molecule has 106 valence electrons. The number of hydrogen-bond donors (Lipinski definition) is 1. The Labute approximate surface area is 113 Å². The van der Waals surface area contributed by atoms with E-state index in [1.54, 1.807) is 20.0 Å². The van der Waals surface area contributed by atoms with Gasteiger partial charge < -0.3 is 5.32 Å². The summed E-state index contributed by atoms with van der Waals surface area (Å²) < 4.78 is 40.3. The Bertz CT molecular complexity index is 560. The van der Waals surface area contributed by atoms with Gasteiger partial charge in [-0.25, -0.2) is 12.8 Å². The van der Waals surface area contributed by atoms with Crippen LogP contribution < -0.4 is 5.32 Å². The lowest BCUT2D eigenvalue weighted by molar-refractivity contribution is 0.377. The highest BCUT2D eigenvalue weighted by Gasteiger charge is 2.36. The van der Waals surface area contributed by atoms with Crippen LogP contribution in [-0.4, -0.2) is 38.9 Å². The molecule has 6 heteroatoms. The van der Waals surface area contributed by atoms with Gasteiger partial charge in [0.05, 0.1) is 0 Å². The summed E-state index contributed by atoms with van der Waals surface area (Å²) in [5, 5.41) is 2.99. The third-order valence-corrected chi connectivity index (χ3v) is 5.42. The average Bonchev–Trinajstić information content (AvgIpc) is 2.78. The maximum atomic E-state index is 13.9. The van der Waals surface area contributed by atoms with Crippen molar-refractivity contribution in [1.82, 2.24) is 9.62 Å². The quantitative estimate of drug-likeness (QED) is 0.912. The normalized spacial score (nSPS) is 20.9. The van der Waals surface area contributed by atoms with Crippen molar-refractivity contribution in [3.63, 3.8) is 0 Å². The van der Waals surface area contributed by atoms with Crippen molar-refractivity contribution in [3.8, 4) is 0 Å². The molecule has 4 nitrogen and oxygen atoms in total. The summed E-state index contributed by atoms with van der Waals surface area (Å²) in [5.41, 5.74) is 0.713. The topological polar surface area (TPSA) is 49.4 Å². The number of benzene rings is 1. The molecule has 0 saturated carbocycles. The summed E-state index contributed by atoms with van der Waals surface area (Å²) >= 11 is 0. The van der Waals surface area contributed by atoms with Crippen LogP contribution in [0.4, 0.5) is 4.39 Å². The summed E-state index contributed by atoms with van der Waals surface area (Å²) in [6.07, 6.45) is 1.63. The molecule has 0 amide bonds. The van der Waals surface area contributed by atoms with Crippen LogP contribution in [-0.2, 0) is 10.0 Å². The Morgan fingerprint density at radius 2 is 2.21 bits per heavy atom. The van der Waals surface area contributed by atoms with Crippen molar-refractivity contribution in [2.45, 2.75) is 30.7 Å². The second kappa shape index (κ2) is 5.56. The van der Waals surface area contributed by atoms with E-state index in [2.05, 4.69) is 5.32 Å². The van der Waals surface area contributed by atoms with Crippen LogP contribution in [0.25, 0.3) is 0 Å². The lowest BCUT2D eigenvalue weighted by Crippen LogP contribution is -2.41. The van der Waals surface area contributed by atoms with Crippen LogP contribution in [0.1, 0.15) is 18.4 Å². The zero-order chi connectivity index (χ0) is 14.0. The maximum Gasteiger partial charge on any atom is 0.246 e. The molecule has 1 saturated heterocycles. The van der Waals surface area contributed by atoms with Gasteiger partial charge in [0.15, 0.2) is 0 Å². The molecule has 19 heavy (non-hydrogen) atoms. The smallest absolute Gasteiger partial charge is 0.246 e. The molecule has 1 aromatic carbocycles. The fourth-order valence-corrected chi connectivity index (χ4v) is 4.25. The van der Waals surface area contributed by atoms with E-state index in [-0.39, 0.29) is 10.9 Å². The van der Waals surface area contributed by atoms with E-state index < -0.39 is 15.8 Å². The van der Waals surface area contributed by atoms with Crippen molar-refractivity contribution in [3.05, 3.63) is 29.6 Å². The highest BCUT2D eigenvalue weighted by molar-refractivity contribution is 7.89. The minimum absolute atomic E-state index is 0.0873. The zero-order valence-corrected chi connectivity index (χ0v) is 12.0. The first-order valence-corrected chi connectivity index (χ1v) is 7.83. The lowest BCUT2D eigenvalue weighted by atomic mass is 10.2. The van der Waals surface area contributed by atoms with Crippen LogP contribution in [0.15, 0.2) is 23.1 Å². The second-order valence-electron chi connectivity index (χ2n) is 4.90. The third-order valence-electron chi connectivity index (χ3n) is 3.44. The van der Waals surface area contributed by atoms with E-state index in [1.165, 1.54) is 16.4 Å². The van der Waals surface area contributed by atoms with Gasteiger partial charge in [-0.05, 0) is 44.5 Å². The number of sulfonamides is 1. The minimum Gasteiger partial charge on any atom is -0.318 e. The molecule has 1 heterocycles. The minimum atomic E-state index is -3.74. The molecule has 1 aliphatic rings. The number of likely N-dealkylation sites (N-methyl/N-ethyl adjacent to an activating group) is 1. The molecule has 0 aromatic heterocycles. The Morgan fingerprint density at radius 1 is 1.47 bits per heavy atom. The van der Waals surface area contributed by atoms with Gasteiger partial charge in [0.2, 0.25) is 10.0 Å². The first-order chi connectivity index (χ1) is 8.96. The van der Waals surface area contributed by atoms with Gasteiger partial charge in [-0.3, -0.25) is 0 Å². The molecule has 1 aromatic rings. The van der Waals surface area contributed by atoms with E-state index in [4.69, 9.17) is 0 Å². The molecule has 0 bridgehead atoms. The van der Waals surface area contributed by atoms with Crippen LogP contribution in [0.5, 0.6) is 0 Å². The Kier molecular flexibility index (Phi) is 4.23. The van der Waals surface area contributed by atoms with Crippen molar-refractivity contribution >= 4 is 10.0 Å². The van der Waals surface area contributed by atoms with Gasteiger partial charge in [0, 0.05) is 19.1 Å². The van der Waals surface area contributed by atoms with Gasteiger partial charge in [0.1, 0.15) is 10.7 Å². The zero-order valence-electron chi connectivity index (χ0n) is 11.2. The molecule has 1 fully saturated rings. The fraction of sp³-hybridized carbons (Fsp3) is 0.538. The molecule has 1 atom stereocenters.